The van der Waals surface area contributed by atoms with Gasteiger partial charge in [0.25, 0.3) is 0 Å². The second-order valence-electron chi connectivity index (χ2n) is 4.00. The van der Waals surface area contributed by atoms with E-state index in [1.54, 1.807) is 0 Å². The maximum atomic E-state index is 3.65. The zero-order valence-corrected chi connectivity index (χ0v) is 10.7. The van der Waals surface area contributed by atoms with E-state index in [1.165, 1.54) is 10.8 Å². The van der Waals surface area contributed by atoms with Crippen LogP contribution >= 0.6 is 0 Å². The molecule has 0 amide bonds. The summed E-state index contributed by atoms with van der Waals surface area (Å²) in [6.45, 7) is 3.31. The molecule has 1 unspecified atom stereocenters. The summed E-state index contributed by atoms with van der Waals surface area (Å²) in [6.07, 6.45) is 0. The molecule has 2 heteroatoms. The van der Waals surface area contributed by atoms with Crippen LogP contribution in [0, 0.1) is 0 Å². The lowest BCUT2D eigenvalue weighted by Gasteiger charge is -2.12. The van der Waals surface area contributed by atoms with Gasteiger partial charge in [0.05, 0.1) is 0 Å². The van der Waals surface area contributed by atoms with E-state index in [0.717, 1.165) is 6.54 Å². The van der Waals surface area contributed by atoms with Gasteiger partial charge in [-0.15, -0.1) is 0 Å². The Bertz CT molecular complexity index is 413. The first kappa shape index (κ1) is 11.1. The van der Waals surface area contributed by atoms with Crippen molar-refractivity contribution in [3.63, 3.8) is 0 Å². The second kappa shape index (κ2) is 5.63. The Labute approximate surface area is 98.8 Å². The van der Waals surface area contributed by atoms with Crippen molar-refractivity contribution < 1.29 is 0 Å². The van der Waals surface area contributed by atoms with Crippen molar-refractivity contribution in [3.8, 4) is 0 Å². The van der Waals surface area contributed by atoms with Gasteiger partial charge in [0.15, 0.2) is 0 Å². The molecule has 0 fully saturated rings. The largest absolute Gasteiger partial charge is 0.332 e. The first-order chi connectivity index (χ1) is 7.86. The number of rotatable bonds is 4. The topological polar surface area (TPSA) is 12.0 Å². The van der Waals surface area contributed by atoms with Gasteiger partial charge in [0, 0.05) is 6.54 Å². The molecule has 0 aliphatic heterocycles. The normalized spacial score (nSPS) is 12.3. The van der Waals surface area contributed by atoms with Crippen molar-refractivity contribution in [1.82, 2.24) is 4.98 Å². The first-order valence-corrected chi connectivity index (χ1v) is 7.99. The van der Waals surface area contributed by atoms with Crippen molar-refractivity contribution in [3.05, 3.63) is 66.2 Å². The molecule has 0 saturated carbocycles. The third-order valence-electron chi connectivity index (χ3n) is 2.75. The summed E-state index contributed by atoms with van der Waals surface area (Å²) in [4.78, 5) is 3.65. The Morgan fingerprint density at radius 3 is 2.06 bits per heavy atom. The van der Waals surface area contributed by atoms with E-state index < -0.39 is 8.96 Å². The van der Waals surface area contributed by atoms with Crippen LogP contribution < -0.4 is 10.2 Å². The number of hydrogen-bond donors (Lipinski definition) is 1. The summed E-state index contributed by atoms with van der Waals surface area (Å²) in [6, 6.07) is 21.3. The molecule has 0 spiro atoms. The van der Waals surface area contributed by atoms with Crippen molar-refractivity contribution >= 4 is 14.1 Å². The smallest absolute Gasteiger partial charge is 0.138 e. The lowest BCUT2D eigenvalue weighted by atomic mass is 10.2. The molecule has 0 aromatic heterocycles. The van der Waals surface area contributed by atoms with Crippen LogP contribution in [0.1, 0.15) is 5.56 Å². The van der Waals surface area contributed by atoms with Gasteiger partial charge in [-0.25, -0.2) is 0 Å². The van der Waals surface area contributed by atoms with Gasteiger partial charge in [-0.3, -0.25) is 0 Å². The maximum absolute atomic E-state index is 3.65. The summed E-state index contributed by atoms with van der Waals surface area (Å²) in [7, 11) is -0.980. The lowest BCUT2D eigenvalue weighted by Crippen LogP contribution is -2.41. The highest BCUT2D eigenvalue weighted by molar-refractivity contribution is 6.69. The number of nitrogens with one attached hydrogen (secondary N) is 1. The van der Waals surface area contributed by atoms with E-state index in [1.807, 2.05) is 0 Å². The average Bonchev–Trinajstić information content (AvgIpc) is 2.38. The van der Waals surface area contributed by atoms with Gasteiger partial charge in [-0.1, -0.05) is 67.2 Å². The van der Waals surface area contributed by atoms with Crippen LogP contribution in [0.25, 0.3) is 0 Å². The molecule has 2 aromatic rings. The van der Waals surface area contributed by atoms with Crippen LogP contribution in [0.2, 0.25) is 6.55 Å². The molecule has 0 bridgehead atoms. The summed E-state index contributed by atoms with van der Waals surface area (Å²) < 4.78 is 0. The SMILES string of the molecule is C[SiH](NCc1ccccc1)c1ccccc1. The standard InChI is InChI=1S/C14H17NSi/c1-16(14-10-6-3-7-11-14)15-12-13-8-4-2-5-9-13/h2-11,15-16H,12H2,1H3. The molecule has 1 atom stereocenters. The highest BCUT2D eigenvalue weighted by Gasteiger charge is 2.05. The van der Waals surface area contributed by atoms with E-state index in [-0.39, 0.29) is 0 Å². The third kappa shape index (κ3) is 3.05. The molecule has 2 aromatic carbocycles. The minimum absolute atomic E-state index is 0.975. The number of benzene rings is 2. The van der Waals surface area contributed by atoms with Gasteiger partial charge in [0.2, 0.25) is 0 Å². The highest BCUT2D eigenvalue weighted by Crippen LogP contribution is 1.97. The zero-order chi connectivity index (χ0) is 11.2. The minimum Gasteiger partial charge on any atom is -0.332 e. The summed E-state index contributed by atoms with van der Waals surface area (Å²) in [5, 5.41) is 1.47. The Hall–Kier alpha value is -1.38. The first-order valence-electron chi connectivity index (χ1n) is 5.68. The van der Waals surface area contributed by atoms with Gasteiger partial charge < -0.3 is 4.98 Å². The minimum atomic E-state index is -0.980. The van der Waals surface area contributed by atoms with Crippen molar-refractivity contribution in [2.45, 2.75) is 13.1 Å². The predicted molar refractivity (Wildman–Crippen MR) is 72.4 cm³/mol. The van der Waals surface area contributed by atoms with Crippen LogP contribution in [0.5, 0.6) is 0 Å². The average molecular weight is 227 g/mol. The molecule has 0 radical (unpaired) electrons. The zero-order valence-electron chi connectivity index (χ0n) is 9.56. The Morgan fingerprint density at radius 1 is 0.875 bits per heavy atom. The van der Waals surface area contributed by atoms with Gasteiger partial charge >= 0.3 is 0 Å². The van der Waals surface area contributed by atoms with Gasteiger partial charge in [-0.05, 0) is 10.8 Å². The maximum Gasteiger partial charge on any atom is 0.138 e. The fraction of sp³-hybridized carbons (Fsp3) is 0.143. The van der Waals surface area contributed by atoms with E-state index >= 15 is 0 Å². The number of hydrogen-bond acceptors (Lipinski definition) is 1. The van der Waals surface area contributed by atoms with Crippen LogP contribution in [0.4, 0.5) is 0 Å². The molecule has 2 rings (SSSR count). The summed E-state index contributed by atoms with van der Waals surface area (Å²) in [5.41, 5.74) is 1.36. The molecule has 0 aliphatic carbocycles. The van der Waals surface area contributed by atoms with Crippen molar-refractivity contribution in [1.29, 1.82) is 0 Å². The Morgan fingerprint density at radius 2 is 1.44 bits per heavy atom. The van der Waals surface area contributed by atoms with E-state index in [9.17, 15) is 0 Å². The second-order valence-corrected chi connectivity index (χ2v) is 6.52. The monoisotopic (exact) mass is 227 g/mol. The van der Waals surface area contributed by atoms with Crippen LogP contribution in [0.3, 0.4) is 0 Å². The van der Waals surface area contributed by atoms with Crippen molar-refractivity contribution in [2.75, 3.05) is 0 Å². The van der Waals surface area contributed by atoms with E-state index in [0.29, 0.717) is 0 Å². The molecule has 0 saturated heterocycles. The van der Waals surface area contributed by atoms with Gasteiger partial charge in [0.1, 0.15) is 8.96 Å². The predicted octanol–water partition coefficient (Wildman–Crippen LogP) is 2.04. The van der Waals surface area contributed by atoms with E-state index in [4.69, 9.17) is 0 Å². The molecule has 1 N–H and O–H groups in total. The third-order valence-corrected chi connectivity index (χ3v) is 4.96. The lowest BCUT2D eigenvalue weighted by molar-refractivity contribution is 0.940. The molecular weight excluding hydrogens is 210 g/mol. The Balaban J connectivity index is 1.92. The van der Waals surface area contributed by atoms with Crippen LogP contribution in [-0.4, -0.2) is 8.96 Å². The fourth-order valence-electron chi connectivity index (χ4n) is 1.73. The molecular formula is C14H17NSi. The summed E-state index contributed by atoms with van der Waals surface area (Å²) in [5.74, 6) is 0. The molecule has 16 heavy (non-hydrogen) atoms. The van der Waals surface area contributed by atoms with Crippen LogP contribution in [0.15, 0.2) is 60.7 Å². The Kier molecular flexibility index (Phi) is 3.91. The molecule has 0 heterocycles. The molecule has 0 aliphatic rings. The van der Waals surface area contributed by atoms with Crippen LogP contribution in [-0.2, 0) is 6.54 Å². The van der Waals surface area contributed by atoms with Gasteiger partial charge in [-0.2, -0.15) is 0 Å². The quantitative estimate of drug-likeness (QED) is 0.788. The van der Waals surface area contributed by atoms with E-state index in [2.05, 4.69) is 72.2 Å². The highest BCUT2D eigenvalue weighted by atomic mass is 28.3. The summed E-state index contributed by atoms with van der Waals surface area (Å²) >= 11 is 0. The van der Waals surface area contributed by atoms with Crippen molar-refractivity contribution in [2.24, 2.45) is 0 Å². The fourth-order valence-corrected chi connectivity index (χ4v) is 3.30. The molecule has 1 nitrogen and oxygen atoms in total. The molecule has 82 valence electrons.